The average molecular weight is 581 g/mol. The fraction of sp³-hybridized carbons (Fsp3) is 0.606. The summed E-state index contributed by atoms with van der Waals surface area (Å²) >= 11 is 0. The first-order valence-corrected chi connectivity index (χ1v) is 14.7. The van der Waals surface area contributed by atoms with Gasteiger partial charge in [-0.15, -0.1) is 0 Å². The van der Waals surface area contributed by atoms with Gasteiger partial charge in [-0.25, -0.2) is 0 Å². The van der Waals surface area contributed by atoms with E-state index in [1.54, 1.807) is 6.07 Å². The van der Waals surface area contributed by atoms with Crippen molar-refractivity contribution >= 4 is 0 Å². The SMILES string of the molecule is CC#N.CCCN(CCc1ccccc1)C(C)CCc1c(C2(C(F)(F)F)CCC2)cccc1C1(C(F)(F)F)CCC1. The smallest absolute Gasteiger partial charge is 0.300 e. The van der Waals surface area contributed by atoms with Crippen molar-refractivity contribution in [2.75, 3.05) is 13.1 Å². The molecule has 0 radical (unpaired) electrons. The molecule has 0 spiro atoms. The Balaban J connectivity index is 0.00000147. The Labute approximate surface area is 240 Å². The number of hydrogen-bond donors (Lipinski definition) is 0. The molecular weight excluding hydrogens is 538 g/mol. The van der Waals surface area contributed by atoms with Crippen LogP contribution in [0.5, 0.6) is 0 Å². The summed E-state index contributed by atoms with van der Waals surface area (Å²) in [6, 6.07) is 16.2. The monoisotopic (exact) mass is 580 g/mol. The van der Waals surface area contributed by atoms with E-state index in [1.807, 2.05) is 18.2 Å². The third-order valence-electron chi connectivity index (χ3n) is 9.18. The van der Waals surface area contributed by atoms with Gasteiger partial charge in [0.25, 0.3) is 0 Å². The Morgan fingerprint density at radius 1 is 0.805 bits per heavy atom. The van der Waals surface area contributed by atoms with E-state index >= 15 is 0 Å². The average Bonchev–Trinajstić information content (AvgIpc) is 2.84. The van der Waals surface area contributed by atoms with Crippen molar-refractivity contribution in [3.8, 4) is 6.07 Å². The molecule has 0 saturated heterocycles. The lowest BCUT2D eigenvalue weighted by Gasteiger charge is -2.48. The van der Waals surface area contributed by atoms with Crippen LogP contribution in [0, 0.1) is 11.3 Å². The summed E-state index contributed by atoms with van der Waals surface area (Å²) in [4.78, 5) is 2.32. The van der Waals surface area contributed by atoms with Gasteiger partial charge in [-0.3, -0.25) is 0 Å². The maximum absolute atomic E-state index is 14.4. The zero-order chi connectivity index (χ0) is 30.3. The molecule has 2 fully saturated rings. The van der Waals surface area contributed by atoms with E-state index in [4.69, 9.17) is 5.26 Å². The molecule has 0 bridgehead atoms. The third-order valence-corrected chi connectivity index (χ3v) is 9.18. The van der Waals surface area contributed by atoms with Gasteiger partial charge in [0.15, 0.2) is 0 Å². The van der Waals surface area contributed by atoms with E-state index in [-0.39, 0.29) is 49.3 Å². The van der Waals surface area contributed by atoms with Gasteiger partial charge in [0.2, 0.25) is 0 Å². The van der Waals surface area contributed by atoms with Gasteiger partial charge in [0.1, 0.15) is 0 Å². The molecule has 1 atom stereocenters. The quantitative estimate of drug-likeness (QED) is 0.248. The van der Waals surface area contributed by atoms with E-state index in [1.165, 1.54) is 30.7 Å². The van der Waals surface area contributed by atoms with E-state index in [2.05, 4.69) is 30.9 Å². The van der Waals surface area contributed by atoms with Crippen LogP contribution in [-0.2, 0) is 23.7 Å². The molecule has 0 aliphatic heterocycles. The van der Waals surface area contributed by atoms with Crippen LogP contribution < -0.4 is 0 Å². The van der Waals surface area contributed by atoms with Crippen molar-refractivity contribution in [3.63, 3.8) is 0 Å². The molecule has 41 heavy (non-hydrogen) atoms. The van der Waals surface area contributed by atoms with Gasteiger partial charge in [-0.2, -0.15) is 31.6 Å². The molecule has 4 rings (SSSR count). The first kappa shape index (κ1) is 33.0. The normalized spacial score (nSPS) is 18.4. The van der Waals surface area contributed by atoms with Gasteiger partial charge in [-0.1, -0.05) is 68.3 Å². The molecule has 0 N–H and O–H groups in total. The standard InChI is InChI=1S/C31H39F6N.C2H3N/c1-3-21-38(22-16-24-10-5-4-6-11-24)23(2)14-15-25-26(28(17-8-18-28)30(32,33)34)12-7-13-27(25)29(19-9-20-29)31(35,36)37;1-2-3/h4-7,10-13,23H,3,8-9,14-22H2,1-2H3;1H3. The summed E-state index contributed by atoms with van der Waals surface area (Å²) in [6.07, 6.45) is -5.81. The van der Waals surface area contributed by atoms with E-state index in [0.717, 1.165) is 25.9 Å². The van der Waals surface area contributed by atoms with Gasteiger partial charge >= 0.3 is 12.4 Å². The zero-order valence-electron chi connectivity index (χ0n) is 24.3. The number of nitriles is 1. The topological polar surface area (TPSA) is 27.0 Å². The minimum Gasteiger partial charge on any atom is -0.300 e. The second-order valence-corrected chi connectivity index (χ2v) is 11.6. The Hall–Kier alpha value is -2.53. The molecule has 2 aliphatic rings. The fourth-order valence-electron chi connectivity index (χ4n) is 6.52. The first-order valence-electron chi connectivity index (χ1n) is 14.7. The van der Waals surface area contributed by atoms with Crippen LogP contribution in [0.25, 0.3) is 0 Å². The second kappa shape index (κ2) is 13.6. The molecule has 8 heteroatoms. The predicted octanol–water partition coefficient (Wildman–Crippen LogP) is 9.46. The molecule has 0 aromatic heterocycles. The molecule has 1 unspecified atom stereocenters. The largest absolute Gasteiger partial charge is 0.398 e. The molecule has 2 saturated carbocycles. The zero-order valence-corrected chi connectivity index (χ0v) is 24.3. The fourth-order valence-corrected chi connectivity index (χ4v) is 6.52. The van der Waals surface area contributed by atoms with Crippen LogP contribution >= 0.6 is 0 Å². The molecule has 0 heterocycles. The number of nitrogens with zero attached hydrogens (tertiary/aromatic N) is 2. The maximum atomic E-state index is 14.4. The van der Waals surface area contributed by atoms with Gasteiger partial charge < -0.3 is 4.90 Å². The molecule has 2 aromatic rings. The van der Waals surface area contributed by atoms with E-state index < -0.39 is 23.2 Å². The summed E-state index contributed by atoms with van der Waals surface area (Å²) in [5.74, 6) is 0. The lowest BCUT2D eigenvalue weighted by atomic mass is 9.58. The highest BCUT2D eigenvalue weighted by atomic mass is 19.4. The summed E-state index contributed by atoms with van der Waals surface area (Å²) < 4.78 is 86.6. The molecule has 226 valence electrons. The van der Waals surface area contributed by atoms with Crippen molar-refractivity contribution in [2.45, 2.75) is 114 Å². The minimum absolute atomic E-state index is 0.0334. The highest BCUT2D eigenvalue weighted by molar-refractivity contribution is 5.48. The first-order chi connectivity index (χ1) is 19.4. The summed E-state index contributed by atoms with van der Waals surface area (Å²) in [5.41, 5.74) is -2.38. The summed E-state index contributed by atoms with van der Waals surface area (Å²) in [6.45, 7) is 7.20. The van der Waals surface area contributed by atoms with Gasteiger partial charge in [-0.05, 0) is 87.1 Å². The predicted molar refractivity (Wildman–Crippen MR) is 151 cm³/mol. The third kappa shape index (κ3) is 6.93. The van der Waals surface area contributed by atoms with Crippen LogP contribution in [0.1, 0.15) is 94.4 Å². The van der Waals surface area contributed by atoms with Gasteiger partial charge in [0.05, 0.1) is 16.9 Å². The number of rotatable bonds is 11. The maximum Gasteiger partial charge on any atom is 0.398 e. The van der Waals surface area contributed by atoms with Crippen LogP contribution in [0.15, 0.2) is 48.5 Å². The van der Waals surface area contributed by atoms with Crippen molar-refractivity contribution in [1.29, 1.82) is 5.26 Å². The molecule has 2 aliphatic carbocycles. The molecule has 0 amide bonds. The van der Waals surface area contributed by atoms with Crippen LogP contribution in [-0.4, -0.2) is 36.4 Å². The van der Waals surface area contributed by atoms with Crippen molar-refractivity contribution in [3.05, 3.63) is 70.8 Å². The van der Waals surface area contributed by atoms with Crippen LogP contribution in [0.3, 0.4) is 0 Å². The Morgan fingerprint density at radius 3 is 1.68 bits per heavy atom. The Kier molecular flexibility index (Phi) is 11.0. The Bertz CT molecular complexity index is 1090. The number of halogens is 6. The minimum atomic E-state index is -4.49. The van der Waals surface area contributed by atoms with Crippen molar-refractivity contribution in [1.82, 2.24) is 4.90 Å². The molecular formula is C33H42F6N2. The lowest BCUT2D eigenvalue weighted by molar-refractivity contribution is -0.215. The van der Waals surface area contributed by atoms with Gasteiger partial charge in [0, 0.05) is 19.5 Å². The Morgan fingerprint density at radius 2 is 1.29 bits per heavy atom. The number of benzene rings is 2. The van der Waals surface area contributed by atoms with E-state index in [0.29, 0.717) is 24.8 Å². The summed E-state index contributed by atoms with van der Waals surface area (Å²) in [7, 11) is 0. The highest BCUT2D eigenvalue weighted by Crippen LogP contribution is 2.59. The summed E-state index contributed by atoms with van der Waals surface area (Å²) in [5, 5.41) is 7.32. The van der Waals surface area contributed by atoms with E-state index in [9.17, 15) is 26.3 Å². The number of alkyl halides is 6. The lowest BCUT2D eigenvalue weighted by Crippen LogP contribution is -2.51. The number of hydrogen-bond acceptors (Lipinski definition) is 2. The van der Waals surface area contributed by atoms with Crippen LogP contribution in [0.4, 0.5) is 26.3 Å². The second-order valence-electron chi connectivity index (χ2n) is 11.6. The van der Waals surface area contributed by atoms with Crippen molar-refractivity contribution in [2.24, 2.45) is 0 Å². The molecule has 2 nitrogen and oxygen atoms in total. The highest BCUT2D eigenvalue weighted by Gasteiger charge is 2.63. The van der Waals surface area contributed by atoms with Crippen molar-refractivity contribution < 1.29 is 26.3 Å². The molecule has 2 aromatic carbocycles. The van der Waals surface area contributed by atoms with Crippen LogP contribution in [0.2, 0.25) is 0 Å².